The lowest BCUT2D eigenvalue weighted by Crippen LogP contribution is -2.22. The van der Waals surface area contributed by atoms with Gasteiger partial charge in [-0.3, -0.25) is 4.79 Å². The Morgan fingerprint density at radius 2 is 1.90 bits per heavy atom. The molecule has 0 fully saturated rings. The van der Waals surface area contributed by atoms with Gasteiger partial charge in [0.25, 0.3) is 0 Å². The average molecular weight is 301 g/mol. The van der Waals surface area contributed by atoms with Gasteiger partial charge in [-0.15, -0.1) is 11.3 Å². The van der Waals surface area contributed by atoms with E-state index in [2.05, 4.69) is 56.4 Å². The normalized spacial score (nSPS) is 10.6. The number of rotatable bonds is 6. The molecule has 0 saturated heterocycles. The van der Waals surface area contributed by atoms with Gasteiger partial charge in [0.05, 0.1) is 6.54 Å². The number of thiophene rings is 1. The van der Waals surface area contributed by atoms with Crippen LogP contribution >= 0.6 is 11.3 Å². The summed E-state index contributed by atoms with van der Waals surface area (Å²) >= 11 is 1.78. The van der Waals surface area contributed by atoms with Crippen molar-refractivity contribution >= 4 is 17.2 Å². The van der Waals surface area contributed by atoms with E-state index >= 15 is 0 Å². The van der Waals surface area contributed by atoms with Crippen molar-refractivity contribution in [2.24, 2.45) is 0 Å². The lowest BCUT2D eigenvalue weighted by molar-refractivity contribution is -0.121. The molecule has 0 spiro atoms. The van der Waals surface area contributed by atoms with Crippen LogP contribution in [-0.2, 0) is 24.2 Å². The van der Waals surface area contributed by atoms with Crippen LogP contribution in [0, 0.1) is 13.8 Å². The van der Waals surface area contributed by atoms with Crippen LogP contribution in [0.15, 0.2) is 30.3 Å². The highest BCUT2D eigenvalue weighted by Gasteiger charge is 2.05. The van der Waals surface area contributed by atoms with E-state index in [9.17, 15) is 4.79 Å². The first-order chi connectivity index (χ1) is 10.1. The highest BCUT2D eigenvalue weighted by molar-refractivity contribution is 7.11. The third-order valence-electron chi connectivity index (χ3n) is 3.65. The minimum atomic E-state index is 0.126. The molecule has 0 aliphatic rings. The zero-order chi connectivity index (χ0) is 15.2. The van der Waals surface area contributed by atoms with E-state index in [4.69, 9.17) is 0 Å². The molecule has 1 amide bonds. The minimum Gasteiger partial charge on any atom is -0.351 e. The zero-order valence-electron chi connectivity index (χ0n) is 13.0. The number of carbonyl (C=O) groups excluding carboxylic acids is 1. The van der Waals surface area contributed by atoms with Crippen LogP contribution in [0.3, 0.4) is 0 Å². The Morgan fingerprint density at radius 1 is 1.14 bits per heavy atom. The number of nitrogens with one attached hydrogen (secondary N) is 1. The number of aryl methyl sites for hydroxylation is 4. The van der Waals surface area contributed by atoms with Gasteiger partial charge in [-0.25, -0.2) is 0 Å². The van der Waals surface area contributed by atoms with E-state index in [0.717, 1.165) is 12.8 Å². The molecule has 2 nitrogen and oxygen atoms in total. The molecule has 112 valence electrons. The summed E-state index contributed by atoms with van der Waals surface area (Å²) in [5.74, 6) is 0.126. The Balaban J connectivity index is 1.79. The van der Waals surface area contributed by atoms with E-state index in [-0.39, 0.29) is 5.91 Å². The van der Waals surface area contributed by atoms with Crippen LogP contribution in [0.1, 0.15) is 39.8 Å². The first kappa shape index (κ1) is 15.8. The number of hydrogen-bond donors (Lipinski definition) is 1. The van der Waals surface area contributed by atoms with Crippen LogP contribution in [0.4, 0.5) is 0 Å². The summed E-state index contributed by atoms with van der Waals surface area (Å²) in [6.07, 6.45) is 2.42. The van der Waals surface area contributed by atoms with Crippen LogP contribution in [0.2, 0.25) is 0 Å². The SMILES string of the molecule is CCc1ccc(CNC(=O)CCc2ccc(C)cc2C)s1. The van der Waals surface area contributed by atoms with Crippen molar-refractivity contribution in [3.63, 3.8) is 0 Å². The second-order valence-electron chi connectivity index (χ2n) is 5.43. The molecule has 3 heteroatoms. The van der Waals surface area contributed by atoms with Gasteiger partial charge < -0.3 is 5.32 Å². The molecule has 0 radical (unpaired) electrons. The maximum absolute atomic E-state index is 11.9. The van der Waals surface area contributed by atoms with Crippen molar-refractivity contribution in [1.82, 2.24) is 5.32 Å². The highest BCUT2D eigenvalue weighted by Crippen LogP contribution is 2.17. The van der Waals surface area contributed by atoms with E-state index in [1.54, 1.807) is 11.3 Å². The Kier molecular flexibility index (Phi) is 5.57. The zero-order valence-corrected chi connectivity index (χ0v) is 13.8. The fraction of sp³-hybridized carbons (Fsp3) is 0.389. The van der Waals surface area contributed by atoms with Gasteiger partial charge in [-0.1, -0.05) is 30.7 Å². The topological polar surface area (TPSA) is 29.1 Å². The molecular formula is C18H23NOS. The van der Waals surface area contributed by atoms with E-state index < -0.39 is 0 Å². The van der Waals surface area contributed by atoms with Gasteiger partial charge in [-0.2, -0.15) is 0 Å². The second-order valence-corrected chi connectivity index (χ2v) is 6.68. The Morgan fingerprint density at radius 3 is 2.57 bits per heavy atom. The van der Waals surface area contributed by atoms with Crippen molar-refractivity contribution < 1.29 is 4.79 Å². The molecule has 1 aromatic heterocycles. The summed E-state index contributed by atoms with van der Waals surface area (Å²) in [6, 6.07) is 10.7. The van der Waals surface area contributed by atoms with Crippen molar-refractivity contribution in [2.45, 2.75) is 46.6 Å². The van der Waals surface area contributed by atoms with Gasteiger partial charge in [0.1, 0.15) is 0 Å². The summed E-state index contributed by atoms with van der Waals surface area (Å²) in [5.41, 5.74) is 3.80. The number of amides is 1. The molecule has 2 aromatic rings. The second kappa shape index (κ2) is 7.41. The maximum Gasteiger partial charge on any atom is 0.220 e. The summed E-state index contributed by atoms with van der Waals surface area (Å²) in [4.78, 5) is 14.5. The third-order valence-corrected chi connectivity index (χ3v) is 4.87. The molecular weight excluding hydrogens is 278 g/mol. The number of benzene rings is 1. The van der Waals surface area contributed by atoms with Crippen molar-refractivity contribution in [3.05, 3.63) is 56.8 Å². The lowest BCUT2D eigenvalue weighted by atomic mass is 10.0. The van der Waals surface area contributed by atoms with Crippen LogP contribution in [0.5, 0.6) is 0 Å². The van der Waals surface area contributed by atoms with Crippen LogP contribution in [-0.4, -0.2) is 5.91 Å². The van der Waals surface area contributed by atoms with Crippen LogP contribution in [0.25, 0.3) is 0 Å². The molecule has 1 N–H and O–H groups in total. The minimum absolute atomic E-state index is 0.126. The first-order valence-corrected chi connectivity index (χ1v) is 8.30. The predicted octanol–water partition coefficient (Wildman–Crippen LogP) is 4.18. The summed E-state index contributed by atoms with van der Waals surface area (Å²) < 4.78 is 0. The molecule has 2 rings (SSSR count). The van der Waals surface area contributed by atoms with Gasteiger partial charge in [0.15, 0.2) is 0 Å². The van der Waals surface area contributed by atoms with Gasteiger partial charge in [0.2, 0.25) is 5.91 Å². The highest BCUT2D eigenvalue weighted by atomic mass is 32.1. The van der Waals surface area contributed by atoms with Crippen molar-refractivity contribution in [3.8, 4) is 0 Å². The molecule has 0 atom stereocenters. The largest absolute Gasteiger partial charge is 0.351 e. The molecule has 0 aliphatic heterocycles. The molecule has 0 unspecified atom stereocenters. The van der Waals surface area contributed by atoms with Gasteiger partial charge in [-0.05, 0) is 49.9 Å². The Bertz CT molecular complexity index is 615. The molecule has 21 heavy (non-hydrogen) atoms. The summed E-state index contributed by atoms with van der Waals surface area (Å²) in [5, 5.41) is 3.01. The molecule has 1 heterocycles. The van der Waals surface area contributed by atoms with Gasteiger partial charge in [0, 0.05) is 16.2 Å². The monoisotopic (exact) mass is 301 g/mol. The van der Waals surface area contributed by atoms with Crippen LogP contribution < -0.4 is 5.32 Å². The average Bonchev–Trinajstić information content (AvgIpc) is 2.92. The molecule has 0 saturated carbocycles. The van der Waals surface area contributed by atoms with E-state index in [1.165, 1.54) is 26.4 Å². The predicted molar refractivity (Wildman–Crippen MR) is 89.8 cm³/mol. The summed E-state index contributed by atoms with van der Waals surface area (Å²) in [6.45, 7) is 7.00. The smallest absolute Gasteiger partial charge is 0.220 e. The maximum atomic E-state index is 11.9. The lowest BCUT2D eigenvalue weighted by Gasteiger charge is -2.07. The first-order valence-electron chi connectivity index (χ1n) is 7.49. The van der Waals surface area contributed by atoms with Gasteiger partial charge >= 0.3 is 0 Å². The number of hydrogen-bond acceptors (Lipinski definition) is 2. The fourth-order valence-electron chi connectivity index (χ4n) is 2.36. The van der Waals surface area contributed by atoms with Crippen molar-refractivity contribution in [1.29, 1.82) is 0 Å². The molecule has 0 bridgehead atoms. The van der Waals surface area contributed by atoms with E-state index in [0.29, 0.717) is 13.0 Å². The fourth-order valence-corrected chi connectivity index (χ4v) is 3.25. The Hall–Kier alpha value is -1.61. The molecule has 0 aliphatic carbocycles. The van der Waals surface area contributed by atoms with Crippen molar-refractivity contribution in [2.75, 3.05) is 0 Å². The summed E-state index contributed by atoms with van der Waals surface area (Å²) in [7, 11) is 0. The molecule has 1 aromatic carbocycles. The quantitative estimate of drug-likeness (QED) is 0.852. The standard InChI is InChI=1S/C18H23NOS/c1-4-16-8-9-17(21-16)12-19-18(20)10-7-15-6-5-13(2)11-14(15)3/h5-6,8-9,11H,4,7,10,12H2,1-3H3,(H,19,20). The Labute approximate surface area is 131 Å². The van der Waals surface area contributed by atoms with E-state index in [1.807, 2.05) is 0 Å². The third kappa shape index (κ3) is 4.71. The number of carbonyl (C=O) groups is 1.